The van der Waals surface area contributed by atoms with Crippen LogP contribution < -0.4 is 5.32 Å². The third-order valence-corrected chi connectivity index (χ3v) is 3.44. The van der Waals surface area contributed by atoms with Crippen molar-refractivity contribution in [1.82, 2.24) is 10.2 Å². The van der Waals surface area contributed by atoms with Crippen molar-refractivity contribution in [1.29, 1.82) is 0 Å². The molecule has 80 valence electrons. The van der Waals surface area contributed by atoms with Crippen molar-refractivity contribution in [2.45, 2.75) is 51.1 Å². The summed E-state index contributed by atoms with van der Waals surface area (Å²) in [7, 11) is 0. The minimum atomic E-state index is 0.115. The molecular formula is C11H20N2O. The molecular weight excluding hydrogens is 176 g/mol. The summed E-state index contributed by atoms with van der Waals surface area (Å²) in [5.41, 5.74) is 0. The van der Waals surface area contributed by atoms with Gasteiger partial charge in [0.05, 0.1) is 6.04 Å². The Bertz CT molecular complexity index is 211. The largest absolute Gasteiger partial charge is 0.339 e. The number of carbonyl (C=O) groups excluding carboxylic acids is 1. The van der Waals surface area contributed by atoms with Crippen LogP contribution in [0.2, 0.25) is 0 Å². The van der Waals surface area contributed by atoms with Crippen molar-refractivity contribution >= 4 is 5.91 Å². The highest BCUT2D eigenvalue weighted by Crippen LogP contribution is 2.19. The van der Waals surface area contributed by atoms with Crippen LogP contribution in [-0.2, 0) is 4.79 Å². The molecule has 0 aromatic rings. The Kier molecular flexibility index (Phi) is 3.06. The predicted molar refractivity (Wildman–Crippen MR) is 56.1 cm³/mol. The van der Waals surface area contributed by atoms with Crippen LogP contribution in [0.15, 0.2) is 0 Å². The van der Waals surface area contributed by atoms with Gasteiger partial charge in [0.25, 0.3) is 0 Å². The SMILES string of the molecule is CC1CCCN1C(=O)[C@@H]1CCCCN1. The van der Waals surface area contributed by atoms with E-state index in [1.165, 1.54) is 25.7 Å². The summed E-state index contributed by atoms with van der Waals surface area (Å²) in [5, 5.41) is 3.33. The molecule has 0 aromatic carbocycles. The van der Waals surface area contributed by atoms with E-state index >= 15 is 0 Å². The molecule has 0 saturated carbocycles. The summed E-state index contributed by atoms with van der Waals surface area (Å²) in [4.78, 5) is 14.1. The first kappa shape index (κ1) is 9.97. The number of piperidine rings is 1. The lowest BCUT2D eigenvalue weighted by atomic mass is 10.0. The van der Waals surface area contributed by atoms with Gasteiger partial charge in [0.15, 0.2) is 0 Å². The van der Waals surface area contributed by atoms with Crippen LogP contribution in [0.3, 0.4) is 0 Å². The van der Waals surface area contributed by atoms with Crippen LogP contribution in [0, 0.1) is 0 Å². The zero-order chi connectivity index (χ0) is 9.97. The van der Waals surface area contributed by atoms with Gasteiger partial charge in [-0.15, -0.1) is 0 Å². The fourth-order valence-corrected chi connectivity index (χ4v) is 2.52. The van der Waals surface area contributed by atoms with E-state index in [1.807, 2.05) is 0 Å². The Hall–Kier alpha value is -0.570. The molecule has 0 aromatic heterocycles. The quantitative estimate of drug-likeness (QED) is 0.682. The highest BCUT2D eigenvalue weighted by molar-refractivity contribution is 5.82. The lowest BCUT2D eigenvalue weighted by Crippen LogP contribution is -2.49. The molecule has 2 heterocycles. The number of amides is 1. The number of hydrogen-bond acceptors (Lipinski definition) is 2. The molecule has 0 aliphatic carbocycles. The lowest BCUT2D eigenvalue weighted by Gasteiger charge is -2.29. The topological polar surface area (TPSA) is 32.3 Å². The van der Waals surface area contributed by atoms with E-state index in [2.05, 4.69) is 17.1 Å². The van der Waals surface area contributed by atoms with Gasteiger partial charge in [-0.05, 0) is 39.2 Å². The van der Waals surface area contributed by atoms with Crippen LogP contribution in [0.1, 0.15) is 39.0 Å². The van der Waals surface area contributed by atoms with Gasteiger partial charge in [0.1, 0.15) is 0 Å². The molecule has 2 fully saturated rings. The van der Waals surface area contributed by atoms with Crippen molar-refractivity contribution in [2.75, 3.05) is 13.1 Å². The minimum Gasteiger partial charge on any atom is -0.339 e. The molecule has 0 bridgehead atoms. The molecule has 1 amide bonds. The van der Waals surface area contributed by atoms with Gasteiger partial charge < -0.3 is 10.2 Å². The summed E-state index contributed by atoms with van der Waals surface area (Å²) in [6, 6.07) is 0.579. The highest BCUT2D eigenvalue weighted by atomic mass is 16.2. The van der Waals surface area contributed by atoms with Gasteiger partial charge in [-0.3, -0.25) is 4.79 Å². The van der Waals surface area contributed by atoms with Crippen molar-refractivity contribution in [3.05, 3.63) is 0 Å². The van der Waals surface area contributed by atoms with E-state index < -0.39 is 0 Å². The summed E-state index contributed by atoms with van der Waals surface area (Å²) < 4.78 is 0. The Morgan fingerprint density at radius 1 is 1.29 bits per heavy atom. The molecule has 0 radical (unpaired) electrons. The third-order valence-electron chi connectivity index (χ3n) is 3.44. The summed E-state index contributed by atoms with van der Waals surface area (Å²) >= 11 is 0. The van der Waals surface area contributed by atoms with Gasteiger partial charge in [-0.25, -0.2) is 0 Å². The average Bonchev–Trinajstić information content (AvgIpc) is 2.65. The van der Waals surface area contributed by atoms with Gasteiger partial charge >= 0.3 is 0 Å². The second kappa shape index (κ2) is 4.30. The summed E-state index contributed by atoms with van der Waals surface area (Å²) in [5.74, 6) is 0.342. The molecule has 2 rings (SSSR count). The second-order valence-corrected chi connectivity index (χ2v) is 4.53. The maximum Gasteiger partial charge on any atom is 0.239 e. The molecule has 0 spiro atoms. The van der Waals surface area contributed by atoms with Crippen molar-refractivity contribution < 1.29 is 4.79 Å². The monoisotopic (exact) mass is 196 g/mol. The Morgan fingerprint density at radius 2 is 2.14 bits per heavy atom. The van der Waals surface area contributed by atoms with Crippen molar-refractivity contribution in [3.63, 3.8) is 0 Å². The van der Waals surface area contributed by atoms with Crippen LogP contribution in [0.4, 0.5) is 0 Å². The van der Waals surface area contributed by atoms with Crippen molar-refractivity contribution in [3.8, 4) is 0 Å². The third kappa shape index (κ3) is 1.92. The molecule has 2 saturated heterocycles. The number of carbonyl (C=O) groups is 1. The Morgan fingerprint density at radius 3 is 2.71 bits per heavy atom. The maximum absolute atomic E-state index is 12.1. The second-order valence-electron chi connectivity index (χ2n) is 4.53. The van der Waals surface area contributed by atoms with E-state index in [1.54, 1.807) is 0 Å². The fourth-order valence-electron chi connectivity index (χ4n) is 2.52. The van der Waals surface area contributed by atoms with Gasteiger partial charge in [0, 0.05) is 12.6 Å². The van der Waals surface area contributed by atoms with Crippen LogP contribution in [0.25, 0.3) is 0 Å². The molecule has 1 N–H and O–H groups in total. The number of hydrogen-bond donors (Lipinski definition) is 1. The van der Waals surface area contributed by atoms with Crippen LogP contribution in [0.5, 0.6) is 0 Å². The van der Waals surface area contributed by atoms with Gasteiger partial charge in [-0.1, -0.05) is 6.42 Å². The molecule has 2 atom stereocenters. The predicted octanol–water partition coefficient (Wildman–Crippen LogP) is 1.14. The zero-order valence-corrected chi connectivity index (χ0v) is 8.96. The molecule has 2 aliphatic heterocycles. The van der Waals surface area contributed by atoms with Gasteiger partial charge in [-0.2, -0.15) is 0 Å². The van der Waals surface area contributed by atoms with E-state index in [9.17, 15) is 4.79 Å². The van der Waals surface area contributed by atoms with Crippen molar-refractivity contribution in [2.24, 2.45) is 0 Å². The van der Waals surface area contributed by atoms with E-state index in [4.69, 9.17) is 0 Å². The maximum atomic E-state index is 12.1. The molecule has 1 unspecified atom stereocenters. The normalized spacial score (nSPS) is 33.4. The smallest absolute Gasteiger partial charge is 0.239 e. The molecule has 3 heteroatoms. The fraction of sp³-hybridized carbons (Fsp3) is 0.909. The average molecular weight is 196 g/mol. The minimum absolute atomic E-state index is 0.115. The van der Waals surface area contributed by atoms with Crippen LogP contribution >= 0.6 is 0 Å². The lowest BCUT2D eigenvalue weighted by molar-refractivity contribution is -0.134. The zero-order valence-electron chi connectivity index (χ0n) is 8.96. The number of nitrogens with zero attached hydrogens (tertiary/aromatic N) is 1. The highest BCUT2D eigenvalue weighted by Gasteiger charge is 2.30. The standard InChI is InChI=1S/C11H20N2O/c1-9-5-4-8-13(9)11(14)10-6-2-3-7-12-10/h9-10,12H,2-8H2,1H3/t9?,10-/m0/s1. The van der Waals surface area contributed by atoms with Crippen LogP contribution in [-0.4, -0.2) is 36.0 Å². The van der Waals surface area contributed by atoms with E-state index in [-0.39, 0.29) is 6.04 Å². The summed E-state index contributed by atoms with van der Waals surface area (Å²) in [6.45, 7) is 4.14. The number of nitrogens with one attached hydrogen (secondary N) is 1. The first-order chi connectivity index (χ1) is 6.79. The summed E-state index contributed by atoms with van der Waals surface area (Å²) in [6.07, 6.45) is 5.81. The first-order valence-corrected chi connectivity index (χ1v) is 5.83. The number of rotatable bonds is 1. The molecule has 14 heavy (non-hydrogen) atoms. The Labute approximate surface area is 85.8 Å². The molecule has 2 aliphatic rings. The van der Waals surface area contributed by atoms with E-state index in [0.29, 0.717) is 11.9 Å². The number of likely N-dealkylation sites (tertiary alicyclic amines) is 1. The Balaban J connectivity index is 1.92. The molecule has 3 nitrogen and oxygen atoms in total. The van der Waals surface area contributed by atoms with E-state index in [0.717, 1.165) is 19.5 Å². The first-order valence-electron chi connectivity index (χ1n) is 5.83. The van der Waals surface area contributed by atoms with Gasteiger partial charge in [0.2, 0.25) is 5.91 Å².